The molecule has 2 aromatic rings. The number of hydrogen-bond acceptors (Lipinski definition) is 12. The summed E-state index contributed by atoms with van der Waals surface area (Å²) in [6.07, 6.45) is 32.6. The molecule has 1 amide bonds. The van der Waals surface area contributed by atoms with Crippen LogP contribution in [-0.2, 0) is 27.3 Å². The van der Waals surface area contributed by atoms with Gasteiger partial charge in [0, 0.05) is 84.4 Å². The molecule has 0 unspecified atom stereocenters. The van der Waals surface area contributed by atoms with Crippen molar-refractivity contribution in [1.82, 2.24) is 10.2 Å². The van der Waals surface area contributed by atoms with Crippen LogP contribution in [0.15, 0.2) is 53.5 Å². The molecule has 15 aliphatic rings. The number of esters is 1. The summed E-state index contributed by atoms with van der Waals surface area (Å²) in [5.74, 6) is 4.65. The van der Waals surface area contributed by atoms with Crippen molar-refractivity contribution in [3.63, 3.8) is 0 Å². The third-order valence-electron chi connectivity index (χ3n) is 26.6. The van der Waals surface area contributed by atoms with Gasteiger partial charge in [-0.25, -0.2) is 0 Å². The number of fused-ring (bicyclic) bond motifs is 1. The Labute approximate surface area is 509 Å². The van der Waals surface area contributed by atoms with E-state index in [0.29, 0.717) is 92.1 Å². The number of hydrogen-bond donors (Lipinski definition) is 5. The molecule has 8 saturated carbocycles. The molecular weight excluding hydrogens is 1080 g/mol. The summed E-state index contributed by atoms with van der Waals surface area (Å²) in [7, 11) is 4.18. The average molecular weight is 1190 g/mol. The number of phenolic OH excluding ortho intramolecular Hbond substituents is 1. The fraction of sp³-hybridized carbons (Fsp3) is 0.761. The van der Waals surface area contributed by atoms with Crippen LogP contribution in [0, 0.1) is 63.1 Å². The number of guanidine groups is 1. The number of allylic oxidation sites excluding steroid dienone is 1. The third-order valence-corrected chi connectivity index (χ3v) is 29.9. The minimum Gasteiger partial charge on any atom is -0.504 e. The Morgan fingerprint density at radius 1 is 0.869 bits per heavy atom. The summed E-state index contributed by atoms with van der Waals surface area (Å²) in [5.41, 5.74) is 9.75. The molecule has 6 N–H and O–H groups in total. The molecule has 16 atom stereocenters. The van der Waals surface area contributed by atoms with Crippen molar-refractivity contribution in [1.29, 1.82) is 0 Å². The average Bonchev–Trinajstić information content (AvgIpc) is 1.83. The number of carbonyl (C=O) groups excluding carboxylic acids is 2. The minimum absolute atomic E-state index is 0.0132. The predicted molar refractivity (Wildman–Crippen MR) is 335 cm³/mol. The third kappa shape index (κ3) is 9.55. The Kier molecular flexibility index (Phi) is 15.5. The van der Waals surface area contributed by atoms with Crippen LogP contribution in [-0.4, -0.2) is 85.2 Å². The molecule has 6 spiro atoms. The molecule has 2 aromatic carbocycles. The smallest absolute Gasteiger partial charge is 0.303 e. The van der Waals surface area contributed by atoms with Gasteiger partial charge in [-0.1, -0.05) is 97.5 Å². The quantitative estimate of drug-likeness (QED) is 0.110. The van der Waals surface area contributed by atoms with Crippen LogP contribution in [0.25, 0.3) is 0 Å². The van der Waals surface area contributed by atoms with Gasteiger partial charge >= 0.3 is 5.97 Å². The number of nitrogens with two attached hydrogens (primary N) is 1. The number of ether oxygens (including phenoxy) is 2. The molecule has 9 fully saturated rings. The summed E-state index contributed by atoms with van der Waals surface area (Å²) >= 11 is 0. The number of phenols is 1. The van der Waals surface area contributed by atoms with Crippen LogP contribution >= 0.6 is 21.6 Å². The van der Waals surface area contributed by atoms with E-state index in [1.807, 2.05) is 4.90 Å². The first-order chi connectivity index (χ1) is 40.5. The zero-order valence-corrected chi connectivity index (χ0v) is 52.7. The van der Waals surface area contributed by atoms with Crippen LogP contribution in [0.3, 0.4) is 0 Å². The van der Waals surface area contributed by atoms with Gasteiger partial charge in [0.2, 0.25) is 5.91 Å². The number of rotatable bonds is 5. The number of nitrogens with zero attached hydrogens (tertiary/aromatic N) is 2. The predicted octanol–water partition coefficient (Wildman–Crippen LogP) is 14.2. The van der Waals surface area contributed by atoms with Crippen LogP contribution in [0.5, 0.6) is 11.5 Å². The second-order valence-electron chi connectivity index (χ2n) is 30.8. The van der Waals surface area contributed by atoms with E-state index < -0.39 is 17.3 Å². The van der Waals surface area contributed by atoms with Crippen LogP contribution in [0.4, 0.5) is 0 Å². The molecule has 13 heteroatoms. The van der Waals surface area contributed by atoms with E-state index in [-0.39, 0.29) is 80.5 Å². The molecule has 458 valence electrons. The number of benzene rings is 2. The first-order valence-electron chi connectivity index (χ1n) is 34.1. The second kappa shape index (κ2) is 22.3. The Morgan fingerprint density at radius 2 is 1.67 bits per heavy atom. The summed E-state index contributed by atoms with van der Waals surface area (Å²) in [6, 6.07) is 13.0. The Bertz CT molecular complexity index is 2870. The van der Waals surface area contributed by atoms with Crippen LogP contribution in [0.1, 0.15) is 235 Å². The van der Waals surface area contributed by atoms with Crippen molar-refractivity contribution in [2.24, 2.45) is 73.8 Å². The number of aliphatic hydroxyl groups is 2. The van der Waals surface area contributed by atoms with E-state index in [0.717, 1.165) is 132 Å². The van der Waals surface area contributed by atoms with E-state index in [2.05, 4.69) is 89.3 Å². The van der Waals surface area contributed by atoms with Crippen molar-refractivity contribution in [3.8, 4) is 11.5 Å². The van der Waals surface area contributed by atoms with Gasteiger partial charge in [-0.3, -0.25) is 14.6 Å². The molecule has 11 nitrogen and oxygen atoms in total. The fourth-order valence-corrected chi connectivity index (χ4v) is 26.6. The van der Waals surface area contributed by atoms with Gasteiger partial charge in [0.15, 0.2) is 17.5 Å². The number of amides is 1. The van der Waals surface area contributed by atoms with E-state index in [1.54, 1.807) is 0 Å². The van der Waals surface area contributed by atoms with Gasteiger partial charge in [0.25, 0.3) is 0 Å². The van der Waals surface area contributed by atoms with Gasteiger partial charge in [0.1, 0.15) is 16.1 Å². The van der Waals surface area contributed by atoms with Gasteiger partial charge in [0.05, 0.1) is 12.2 Å². The van der Waals surface area contributed by atoms with Gasteiger partial charge < -0.3 is 40.7 Å². The minimum atomic E-state index is -0.858. The van der Waals surface area contributed by atoms with E-state index in [4.69, 9.17) is 20.2 Å². The topological polar surface area (TPSA) is 167 Å². The highest BCUT2D eigenvalue weighted by Gasteiger charge is 2.67. The molecule has 6 aliphatic heterocycles. The molecule has 0 aromatic heterocycles. The monoisotopic (exact) mass is 1180 g/mol. The number of aryl methyl sites for hydroxylation is 1. The van der Waals surface area contributed by atoms with E-state index in [9.17, 15) is 20.1 Å². The number of nitrogens with one attached hydrogen (secondary N) is 1. The largest absolute Gasteiger partial charge is 0.504 e. The van der Waals surface area contributed by atoms with Crippen molar-refractivity contribution >= 4 is 39.4 Å². The highest BCUT2D eigenvalue weighted by Crippen LogP contribution is 2.73. The number of aromatic hydroxyl groups is 1. The molecular formula is C71H100N4O7S2. The normalized spacial score (nSPS) is 42.4. The summed E-state index contributed by atoms with van der Waals surface area (Å²) in [5, 5.41) is 42.8. The van der Waals surface area contributed by atoms with Gasteiger partial charge in [-0.05, 0) is 218 Å². The molecule has 10 bridgehead atoms. The SMILES string of the molecule is CC(=O)O[C@@]12CCc3cc(c(O)c4c3[C@H]3C=C[C@@]5(CCC[C@H]5C3)O4)CN3C[C@]4(CC3=O)[C@@H](CC[C@H]4c3ccccc3)CN=C(N)N[C@]3(CCCC34CCCC4)SSC[C@@H]3CC[C@H](C[C@]34CCC[C@@]43CC[C@H](CCC(C)C)[C@@H]3O)[C@H](CC1)[C@H](O)C2. The lowest BCUT2D eigenvalue weighted by Gasteiger charge is -2.57. The summed E-state index contributed by atoms with van der Waals surface area (Å²) < 4.78 is 13.9. The number of aliphatic imine (C=N–C) groups is 1. The lowest BCUT2D eigenvalue weighted by atomic mass is 9.49. The highest BCUT2D eigenvalue weighted by atomic mass is 33.1. The number of aliphatic hydroxyl groups excluding tert-OH is 2. The maximum absolute atomic E-state index is 15.0. The van der Waals surface area contributed by atoms with E-state index in [1.165, 1.54) is 51.0 Å². The Morgan fingerprint density at radius 3 is 2.48 bits per heavy atom. The molecule has 1 saturated heterocycles. The van der Waals surface area contributed by atoms with Crippen molar-refractivity contribution in [2.45, 2.75) is 254 Å². The maximum Gasteiger partial charge on any atom is 0.303 e. The molecule has 0 radical (unpaired) electrons. The zero-order chi connectivity index (χ0) is 57.9. The molecule has 9 aliphatic carbocycles. The molecule has 17 rings (SSSR count). The second-order valence-corrected chi connectivity index (χ2v) is 33.4. The first-order valence-corrected chi connectivity index (χ1v) is 36.4. The van der Waals surface area contributed by atoms with Crippen LogP contribution < -0.4 is 15.8 Å². The summed E-state index contributed by atoms with van der Waals surface area (Å²) in [6.45, 7) is 7.56. The lowest BCUT2D eigenvalue weighted by Crippen LogP contribution is -2.56. The van der Waals surface area contributed by atoms with Gasteiger partial charge in [-0.2, -0.15) is 0 Å². The standard InChI is InChI=1S/C71H100N4O7S2/c1-45(2)15-16-48-22-34-68(63(48)80)28-11-29-69(68)38-51-17-18-55(69)43-83-84-71(31-10-27-65(71)25-7-8-26-65)74-64(72)73-41-54-19-20-57(47-12-5-4-6-13-47)67(54)40-59(78)75(44-67)42-52-36-49(21-32-66(81-46(3)76)33-24-56(51)58(77)39-66)60-50-23-35-70(82-62(60)61(52)79)30-9-14-53(70)37-50/h4-6,12-13,23,35-36,45,48,50-51,53-58,63,77,79-80H,7-11,14-22,24-34,37-44H2,1-3H3,(H3,72,73,74)/t48-,50-,51+,53-,54-,55-,56-,57-,58+,63-,66-,67+,68-,69+,70+,71+/m0/s1. The summed E-state index contributed by atoms with van der Waals surface area (Å²) in [4.78, 5) is 35.7. The zero-order valence-electron chi connectivity index (χ0n) is 51.1. The van der Waals surface area contributed by atoms with Crippen molar-refractivity contribution in [2.75, 3.05) is 18.8 Å². The van der Waals surface area contributed by atoms with Crippen molar-refractivity contribution < 1.29 is 34.4 Å². The highest BCUT2D eigenvalue weighted by molar-refractivity contribution is 8.77. The molecule has 6 heterocycles. The van der Waals surface area contributed by atoms with E-state index >= 15 is 4.79 Å². The fourth-order valence-electron chi connectivity index (χ4n) is 22.6. The first kappa shape index (κ1) is 58.3. The maximum atomic E-state index is 15.0. The Balaban J connectivity index is 0.858. The van der Waals surface area contributed by atoms with Crippen molar-refractivity contribution in [3.05, 3.63) is 70.8 Å². The molecule has 84 heavy (non-hydrogen) atoms. The van der Waals surface area contributed by atoms with Gasteiger partial charge in [-0.15, -0.1) is 0 Å². The number of carbonyl (C=O) groups is 2. The lowest BCUT2D eigenvalue weighted by molar-refractivity contribution is -0.173. The Hall–Kier alpha value is -3.39. The van der Waals surface area contributed by atoms with Crippen LogP contribution in [0.2, 0.25) is 0 Å².